The number of amides is 1. The quantitative estimate of drug-likeness (QED) is 0.715. The van der Waals surface area contributed by atoms with E-state index in [-0.39, 0.29) is 12.1 Å². The van der Waals surface area contributed by atoms with Crippen LogP contribution in [0, 0.1) is 0 Å². The number of ether oxygens (including phenoxy) is 1. The number of carbonyl (C=O) groups is 1. The molecule has 3 heteroatoms. The van der Waals surface area contributed by atoms with Crippen molar-refractivity contribution >= 4 is 6.09 Å². The Morgan fingerprint density at radius 1 is 1.26 bits per heavy atom. The molecular formula is C16H21NO2. The van der Waals surface area contributed by atoms with Crippen LogP contribution in [0.1, 0.15) is 39.3 Å². The molecule has 0 saturated carbocycles. The number of nitrogens with zero attached hydrogens (tertiary/aromatic N) is 1. The van der Waals surface area contributed by atoms with E-state index in [1.165, 1.54) is 5.57 Å². The second-order valence-corrected chi connectivity index (χ2v) is 5.98. The number of hydrogen-bond acceptors (Lipinski definition) is 2. The summed E-state index contributed by atoms with van der Waals surface area (Å²) in [5.41, 5.74) is 1.85. The smallest absolute Gasteiger partial charge is 0.411 e. The van der Waals surface area contributed by atoms with Gasteiger partial charge < -0.3 is 4.74 Å². The first kappa shape index (κ1) is 13.7. The zero-order valence-corrected chi connectivity index (χ0v) is 12.0. The van der Waals surface area contributed by atoms with E-state index < -0.39 is 5.60 Å². The number of benzene rings is 1. The fraction of sp³-hybridized carbons (Fsp3) is 0.438. The topological polar surface area (TPSA) is 29.5 Å². The molecule has 1 amide bonds. The van der Waals surface area contributed by atoms with E-state index in [1.807, 2.05) is 58.0 Å². The van der Waals surface area contributed by atoms with Crippen molar-refractivity contribution < 1.29 is 9.53 Å². The maximum absolute atomic E-state index is 12.3. The van der Waals surface area contributed by atoms with Crippen LogP contribution in [0.15, 0.2) is 42.0 Å². The second kappa shape index (κ2) is 5.08. The van der Waals surface area contributed by atoms with Crippen molar-refractivity contribution in [3.8, 4) is 0 Å². The highest BCUT2D eigenvalue weighted by atomic mass is 16.6. The molecule has 0 bridgehead atoms. The molecule has 1 aromatic carbocycles. The highest BCUT2D eigenvalue weighted by molar-refractivity contribution is 5.70. The Labute approximate surface area is 114 Å². The van der Waals surface area contributed by atoms with Gasteiger partial charge in [0.2, 0.25) is 0 Å². The molecule has 0 aromatic heterocycles. The van der Waals surface area contributed by atoms with E-state index in [0.29, 0.717) is 6.54 Å². The molecule has 2 rings (SSSR count). The lowest BCUT2D eigenvalue weighted by atomic mass is 10.1. The Hall–Kier alpha value is -1.77. The first-order valence-electron chi connectivity index (χ1n) is 6.59. The molecule has 0 spiro atoms. The monoisotopic (exact) mass is 259 g/mol. The Morgan fingerprint density at radius 2 is 1.89 bits per heavy atom. The number of hydrogen-bond donors (Lipinski definition) is 0. The Morgan fingerprint density at radius 3 is 2.47 bits per heavy atom. The first-order chi connectivity index (χ1) is 8.87. The van der Waals surface area contributed by atoms with Crippen LogP contribution in [0.25, 0.3) is 0 Å². The average Bonchev–Trinajstić information content (AvgIpc) is 2.70. The average molecular weight is 259 g/mol. The lowest BCUT2D eigenvalue weighted by Crippen LogP contribution is -2.37. The molecule has 0 fully saturated rings. The molecule has 1 aliphatic rings. The van der Waals surface area contributed by atoms with Crippen LogP contribution < -0.4 is 0 Å². The van der Waals surface area contributed by atoms with Gasteiger partial charge in [-0.3, -0.25) is 4.90 Å². The van der Waals surface area contributed by atoms with Crippen LogP contribution >= 0.6 is 0 Å². The molecule has 1 atom stereocenters. The van der Waals surface area contributed by atoms with Gasteiger partial charge in [0.25, 0.3) is 0 Å². The third kappa shape index (κ3) is 3.37. The molecule has 0 N–H and O–H groups in total. The molecule has 102 valence electrons. The molecular weight excluding hydrogens is 238 g/mol. The van der Waals surface area contributed by atoms with Crippen LogP contribution in [0.4, 0.5) is 4.79 Å². The van der Waals surface area contributed by atoms with Crippen molar-refractivity contribution in [1.29, 1.82) is 0 Å². The van der Waals surface area contributed by atoms with Crippen molar-refractivity contribution in [3.05, 3.63) is 47.5 Å². The molecule has 3 nitrogen and oxygen atoms in total. The summed E-state index contributed by atoms with van der Waals surface area (Å²) in [5, 5.41) is 0. The highest BCUT2D eigenvalue weighted by Crippen LogP contribution is 2.31. The van der Waals surface area contributed by atoms with Crippen molar-refractivity contribution in [2.75, 3.05) is 6.54 Å². The number of carbonyl (C=O) groups excluding carboxylic acids is 1. The lowest BCUT2D eigenvalue weighted by molar-refractivity contribution is 0.0238. The lowest BCUT2D eigenvalue weighted by Gasteiger charge is -2.28. The molecule has 1 aliphatic heterocycles. The normalized spacial score (nSPS) is 19.3. The first-order valence-corrected chi connectivity index (χ1v) is 6.59. The van der Waals surface area contributed by atoms with Gasteiger partial charge in [0.15, 0.2) is 0 Å². The van der Waals surface area contributed by atoms with Gasteiger partial charge in [-0.25, -0.2) is 4.79 Å². The minimum Gasteiger partial charge on any atom is -0.444 e. The van der Waals surface area contributed by atoms with Crippen LogP contribution in [0.2, 0.25) is 0 Å². The summed E-state index contributed by atoms with van der Waals surface area (Å²) < 4.78 is 5.48. The SMILES string of the molecule is CC1=CC(c2ccccc2)N(C(=O)OC(C)(C)C)C1. The predicted octanol–water partition coefficient (Wildman–Crippen LogP) is 3.92. The standard InChI is InChI=1S/C16H21NO2/c1-12-10-14(13-8-6-5-7-9-13)17(11-12)15(18)19-16(2,3)4/h5-10,14H,11H2,1-4H3. The van der Waals surface area contributed by atoms with E-state index in [9.17, 15) is 4.79 Å². The van der Waals surface area contributed by atoms with Crippen LogP contribution in [-0.2, 0) is 4.74 Å². The maximum atomic E-state index is 12.3. The van der Waals surface area contributed by atoms with Gasteiger partial charge in [-0.1, -0.05) is 42.0 Å². The van der Waals surface area contributed by atoms with Crippen LogP contribution in [0.5, 0.6) is 0 Å². The van der Waals surface area contributed by atoms with Gasteiger partial charge in [0, 0.05) is 6.54 Å². The van der Waals surface area contributed by atoms with E-state index in [2.05, 4.69) is 6.08 Å². The summed E-state index contributed by atoms with van der Waals surface area (Å²) in [5.74, 6) is 0. The van der Waals surface area contributed by atoms with E-state index in [1.54, 1.807) is 4.90 Å². The van der Waals surface area contributed by atoms with Gasteiger partial charge in [-0.05, 0) is 33.3 Å². The summed E-state index contributed by atoms with van der Waals surface area (Å²) in [6, 6.07) is 10.0. The summed E-state index contributed by atoms with van der Waals surface area (Å²) in [6.45, 7) is 8.34. The van der Waals surface area contributed by atoms with Gasteiger partial charge in [-0.2, -0.15) is 0 Å². The highest BCUT2D eigenvalue weighted by Gasteiger charge is 2.31. The molecule has 0 saturated heterocycles. The molecule has 1 aromatic rings. The summed E-state index contributed by atoms with van der Waals surface area (Å²) in [6.07, 6.45) is 1.87. The van der Waals surface area contributed by atoms with E-state index >= 15 is 0 Å². The third-order valence-corrected chi connectivity index (χ3v) is 2.97. The minimum absolute atomic E-state index is 0.0175. The Bertz CT molecular complexity index is 485. The van der Waals surface area contributed by atoms with Gasteiger partial charge in [0.05, 0.1) is 6.04 Å². The summed E-state index contributed by atoms with van der Waals surface area (Å²) in [4.78, 5) is 14.0. The van der Waals surface area contributed by atoms with Crippen LogP contribution in [-0.4, -0.2) is 23.1 Å². The number of rotatable bonds is 1. The molecule has 0 aliphatic carbocycles. The van der Waals surface area contributed by atoms with Gasteiger partial charge >= 0.3 is 6.09 Å². The maximum Gasteiger partial charge on any atom is 0.411 e. The molecule has 1 heterocycles. The van der Waals surface area contributed by atoms with Crippen LogP contribution in [0.3, 0.4) is 0 Å². The summed E-state index contributed by atoms with van der Waals surface area (Å²) in [7, 11) is 0. The second-order valence-electron chi connectivity index (χ2n) is 5.98. The fourth-order valence-electron chi connectivity index (χ4n) is 2.20. The third-order valence-electron chi connectivity index (χ3n) is 2.97. The Kier molecular flexibility index (Phi) is 3.65. The zero-order valence-electron chi connectivity index (χ0n) is 12.0. The van der Waals surface area contributed by atoms with E-state index in [4.69, 9.17) is 4.74 Å². The predicted molar refractivity (Wildman–Crippen MR) is 75.9 cm³/mol. The van der Waals surface area contributed by atoms with Crippen molar-refractivity contribution in [3.63, 3.8) is 0 Å². The summed E-state index contributed by atoms with van der Waals surface area (Å²) >= 11 is 0. The molecule has 1 unspecified atom stereocenters. The minimum atomic E-state index is -0.463. The molecule has 19 heavy (non-hydrogen) atoms. The fourth-order valence-corrected chi connectivity index (χ4v) is 2.20. The zero-order chi connectivity index (χ0) is 14.0. The van der Waals surface area contributed by atoms with Gasteiger partial charge in [0.1, 0.15) is 5.60 Å². The van der Waals surface area contributed by atoms with Crippen molar-refractivity contribution in [2.24, 2.45) is 0 Å². The van der Waals surface area contributed by atoms with Gasteiger partial charge in [-0.15, -0.1) is 0 Å². The molecule has 0 radical (unpaired) electrons. The van der Waals surface area contributed by atoms with Crippen molar-refractivity contribution in [2.45, 2.75) is 39.3 Å². The van der Waals surface area contributed by atoms with E-state index in [0.717, 1.165) is 5.56 Å². The van der Waals surface area contributed by atoms with Crippen molar-refractivity contribution in [1.82, 2.24) is 4.90 Å². The largest absolute Gasteiger partial charge is 0.444 e. The Balaban J connectivity index is 2.19.